The molecule has 2 N–H and O–H groups in total. The Morgan fingerprint density at radius 2 is 2.11 bits per heavy atom. The highest BCUT2D eigenvalue weighted by atomic mass is 32.1. The zero-order chi connectivity index (χ0) is 13.4. The molecule has 1 heterocycles. The fourth-order valence-electron chi connectivity index (χ4n) is 1.44. The number of amides is 1. The van der Waals surface area contributed by atoms with Crippen LogP contribution >= 0.6 is 11.3 Å². The number of nitrogens with one attached hydrogen (secondary N) is 2. The summed E-state index contributed by atoms with van der Waals surface area (Å²) in [7, 11) is 3.24. The minimum absolute atomic E-state index is 0.0847. The van der Waals surface area contributed by atoms with E-state index in [0.29, 0.717) is 23.8 Å². The van der Waals surface area contributed by atoms with Crippen molar-refractivity contribution in [1.82, 2.24) is 10.6 Å². The van der Waals surface area contributed by atoms with Crippen molar-refractivity contribution in [2.24, 2.45) is 0 Å². The maximum absolute atomic E-state index is 11.9. The van der Waals surface area contributed by atoms with E-state index in [2.05, 4.69) is 10.6 Å². The third-order valence-corrected chi connectivity index (χ3v) is 3.35. The highest BCUT2D eigenvalue weighted by molar-refractivity contribution is 7.14. The number of rotatable bonds is 8. The summed E-state index contributed by atoms with van der Waals surface area (Å²) < 4.78 is 10.1. The molecule has 0 aliphatic heterocycles. The Hall–Kier alpha value is -1.11. The predicted octanol–water partition coefficient (Wildman–Crippen LogP) is 1.03. The van der Waals surface area contributed by atoms with Crippen molar-refractivity contribution < 1.29 is 14.3 Å². The number of carbonyl (C=O) groups excluding carboxylic acids is 1. The van der Waals surface area contributed by atoms with E-state index in [4.69, 9.17) is 9.47 Å². The molecule has 6 heteroatoms. The molecule has 0 unspecified atom stereocenters. The highest BCUT2D eigenvalue weighted by Gasteiger charge is 2.14. The largest absolute Gasteiger partial charge is 0.495 e. The summed E-state index contributed by atoms with van der Waals surface area (Å²) in [6, 6.07) is 1.87. The number of carbonyl (C=O) groups is 1. The second kappa shape index (κ2) is 8.07. The van der Waals surface area contributed by atoms with E-state index in [0.717, 1.165) is 18.0 Å². The van der Waals surface area contributed by atoms with Crippen LogP contribution in [0, 0.1) is 6.92 Å². The van der Waals surface area contributed by atoms with Gasteiger partial charge in [0.15, 0.2) is 0 Å². The second-order valence-electron chi connectivity index (χ2n) is 3.75. The molecule has 5 nitrogen and oxygen atoms in total. The van der Waals surface area contributed by atoms with Crippen molar-refractivity contribution >= 4 is 17.2 Å². The summed E-state index contributed by atoms with van der Waals surface area (Å²) in [5.41, 5.74) is 0. The Morgan fingerprint density at radius 3 is 2.78 bits per heavy atom. The fourth-order valence-corrected chi connectivity index (χ4v) is 2.34. The molecule has 1 aromatic rings. The minimum Gasteiger partial charge on any atom is -0.495 e. The topological polar surface area (TPSA) is 59.6 Å². The van der Waals surface area contributed by atoms with E-state index in [1.807, 2.05) is 13.0 Å². The van der Waals surface area contributed by atoms with Crippen LogP contribution in [0.4, 0.5) is 0 Å². The van der Waals surface area contributed by atoms with Gasteiger partial charge >= 0.3 is 0 Å². The van der Waals surface area contributed by atoms with Crippen LogP contribution in [0.25, 0.3) is 0 Å². The van der Waals surface area contributed by atoms with Crippen molar-refractivity contribution in [3.63, 3.8) is 0 Å². The van der Waals surface area contributed by atoms with Crippen LogP contribution in [0.5, 0.6) is 5.75 Å². The molecule has 0 saturated heterocycles. The Balaban J connectivity index is 2.32. The summed E-state index contributed by atoms with van der Waals surface area (Å²) in [6.07, 6.45) is 0. The number of hydrogen-bond acceptors (Lipinski definition) is 5. The number of ether oxygens (including phenoxy) is 2. The molecule has 0 aliphatic rings. The number of aryl methyl sites for hydroxylation is 1. The van der Waals surface area contributed by atoms with Gasteiger partial charge in [-0.25, -0.2) is 0 Å². The quantitative estimate of drug-likeness (QED) is 0.694. The summed E-state index contributed by atoms with van der Waals surface area (Å²) in [6.45, 7) is 4.72. The summed E-state index contributed by atoms with van der Waals surface area (Å²) in [4.78, 5) is 13.6. The lowest BCUT2D eigenvalue weighted by Gasteiger charge is -2.06. The zero-order valence-electron chi connectivity index (χ0n) is 11.0. The third-order valence-electron chi connectivity index (χ3n) is 2.32. The molecule has 0 saturated carbocycles. The van der Waals surface area contributed by atoms with Crippen LogP contribution in [-0.2, 0) is 4.74 Å². The van der Waals surface area contributed by atoms with E-state index in [1.54, 1.807) is 14.2 Å². The average molecular weight is 272 g/mol. The maximum Gasteiger partial charge on any atom is 0.265 e. The molecular formula is C12H20N2O3S. The summed E-state index contributed by atoms with van der Waals surface area (Å²) >= 11 is 1.44. The van der Waals surface area contributed by atoms with Crippen molar-refractivity contribution in [2.45, 2.75) is 6.92 Å². The summed E-state index contributed by atoms with van der Waals surface area (Å²) in [5, 5.41) is 6.01. The van der Waals surface area contributed by atoms with E-state index in [1.165, 1.54) is 11.3 Å². The van der Waals surface area contributed by atoms with Gasteiger partial charge in [0.25, 0.3) is 5.91 Å². The number of methoxy groups -OCH3 is 2. The minimum atomic E-state index is -0.0847. The molecule has 1 rings (SSSR count). The van der Waals surface area contributed by atoms with Gasteiger partial charge in [-0.3, -0.25) is 4.79 Å². The van der Waals surface area contributed by atoms with Gasteiger partial charge in [-0.15, -0.1) is 11.3 Å². The monoisotopic (exact) mass is 272 g/mol. The summed E-state index contributed by atoms with van der Waals surface area (Å²) in [5.74, 6) is 0.556. The molecule has 0 aliphatic carbocycles. The van der Waals surface area contributed by atoms with Gasteiger partial charge in [0, 0.05) is 31.6 Å². The maximum atomic E-state index is 11.9. The Morgan fingerprint density at radius 1 is 1.33 bits per heavy atom. The van der Waals surface area contributed by atoms with Gasteiger partial charge in [-0.2, -0.15) is 0 Å². The van der Waals surface area contributed by atoms with E-state index < -0.39 is 0 Å². The SMILES string of the molecule is COCCNCCNC(=O)c1sc(C)cc1OC. The molecular weight excluding hydrogens is 252 g/mol. The van der Waals surface area contributed by atoms with Gasteiger partial charge in [-0.1, -0.05) is 0 Å². The fraction of sp³-hybridized carbons (Fsp3) is 0.583. The molecule has 0 aromatic carbocycles. The normalized spacial score (nSPS) is 10.4. The van der Waals surface area contributed by atoms with Crippen LogP contribution in [0.2, 0.25) is 0 Å². The number of hydrogen-bond donors (Lipinski definition) is 2. The van der Waals surface area contributed by atoms with Gasteiger partial charge in [0.05, 0.1) is 13.7 Å². The molecule has 0 atom stereocenters. The smallest absolute Gasteiger partial charge is 0.265 e. The molecule has 102 valence electrons. The Kier molecular flexibility index (Phi) is 6.70. The molecule has 18 heavy (non-hydrogen) atoms. The Labute approximate surface area is 111 Å². The van der Waals surface area contributed by atoms with Crippen LogP contribution in [0.1, 0.15) is 14.5 Å². The lowest BCUT2D eigenvalue weighted by molar-refractivity contribution is 0.0955. The highest BCUT2D eigenvalue weighted by Crippen LogP contribution is 2.28. The molecule has 0 radical (unpaired) electrons. The van der Waals surface area contributed by atoms with E-state index in [-0.39, 0.29) is 5.91 Å². The average Bonchev–Trinajstić information content (AvgIpc) is 2.74. The van der Waals surface area contributed by atoms with Crippen molar-refractivity contribution in [3.05, 3.63) is 15.8 Å². The first-order valence-corrected chi connectivity index (χ1v) is 6.63. The predicted molar refractivity (Wildman–Crippen MR) is 72.7 cm³/mol. The first-order chi connectivity index (χ1) is 8.69. The van der Waals surface area contributed by atoms with Crippen molar-refractivity contribution in [1.29, 1.82) is 0 Å². The van der Waals surface area contributed by atoms with Gasteiger partial charge in [0.1, 0.15) is 10.6 Å². The first-order valence-electron chi connectivity index (χ1n) is 5.81. The van der Waals surface area contributed by atoms with Crippen LogP contribution in [0.3, 0.4) is 0 Å². The molecule has 1 aromatic heterocycles. The lowest BCUT2D eigenvalue weighted by Crippen LogP contribution is -2.32. The molecule has 0 bridgehead atoms. The third kappa shape index (κ3) is 4.64. The van der Waals surface area contributed by atoms with Crippen molar-refractivity contribution in [2.75, 3.05) is 40.5 Å². The van der Waals surface area contributed by atoms with Crippen LogP contribution in [0.15, 0.2) is 6.07 Å². The number of thiophene rings is 1. The van der Waals surface area contributed by atoms with Gasteiger partial charge < -0.3 is 20.1 Å². The van der Waals surface area contributed by atoms with E-state index >= 15 is 0 Å². The molecule has 1 amide bonds. The van der Waals surface area contributed by atoms with Crippen LogP contribution in [-0.4, -0.2) is 46.4 Å². The molecule has 0 spiro atoms. The van der Waals surface area contributed by atoms with Gasteiger partial charge in [-0.05, 0) is 13.0 Å². The van der Waals surface area contributed by atoms with Gasteiger partial charge in [0.2, 0.25) is 0 Å². The van der Waals surface area contributed by atoms with E-state index in [9.17, 15) is 4.79 Å². The first kappa shape index (κ1) is 14.9. The second-order valence-corrected chi connectivity index (χ2v) is 5.01. The standard InChI is InChI=1S/C12H20N2O3S/c1-9-8-10(17-3)11(18-9)12(15)14-5-4-13-6-7-16-2/h8,13H,4-7H2,1-3H3,(H,14,15). The van der Waals surface area contributed by atoms with Crippen LogP contribution < -0.4 is 15.4 Å². The molecule has 0 fully saturated rings. The Bertz CT molecular complexity index is 379. The van der Waals surface area contributed by atoms with Crippen molar-refractivity contribution in [3.8, 4) is 5.75 Å². The lowest BCUT2D eigenvalue weighted by atomic mass is 10.3. The zero-order valence-corrected chi connectivity index (χ0v) is 11.9.